The molecule has 0 amide bonds. The van der Waals surface area contributed by atoms with Crippen LogP contribution >= 0.6 is 0 Å². The quantitative estimate of drug-likeness (QED) is 0.864. The predicted molar refractivity (Wildman–Crippen MR) is 115 cm³/mol. The Balaban J connectivity index is 1.37. The molecule has 0 radical (unpaired) electrons. The van der Waals surface area contributed by atoms with E-state index in [4.69, 9.17) is 9.72 Å². The lowest BCUT2D eigenvalue weighted by molar-refractivity contribution is 0.204. The number of aromatic amines is 1. The molecule has 154 valence electrons. The zero-order valence-electron chi connectivity index (χ0n) is 17.2. The third-order valence-corrected chi connectivity index (χ3v) is 7.07. The molecule has 1 N–H and O–H groups in total. The summed E-state index contributed by atoms with van der Waals surface area (Å²) in [7, 11) is 1.77. The summed E-state index contributed by atoms with van der Waals surface area (Å²) in [6, 6.07) is 8.84. The predicted octanol–water partition coefficient (Wildman–Crippen LogP) is 2.65. The maximum absolute atomic E-state index is 12.5. The van der Waals surface area contributed by atoms with E-state index in [0.29, 0.717) is 0 Å². The average molecular weight is 395 g/mol. The van der Waals surface area contributed by atoms with Gasteiger partial charge in [0.2, 0.25) is 5.95 Å². The molecule has 1 fully saturated rings. The monoisotopic (exact) mass is 394 g/mol. The van der Waals surface area contributed by atoms with Crippen LogP contribution in [0.25, 0.3) is 0 Å². The summed E-state index contributed by atoms with van der Waals surface area (Å²) in [5.41, 5.74) is 5.03. The van der Waals surface area contributed by atoms with Gasteiger partial charge in [-0.2, -0.15) is 0 Å². The summed E-state index contributed by atoms with van der Waals surface area (Å²) in [5.74, 6) is 0.771. The molecule has 0 saturated carbocycles. The Hall–Kier alpha value is -2.34. The standard InChI is InChI=1S/C23H30N4O2/c1-29-15-14-27-16-23(18-7-3-5-9-20(18)27)10-12-26(13-11-23)22-24-19-8-4-2-6-17(19)21(28)25-22/h3,5,7,9H,2,4,6,8,10-16H2,1H3,(H,24,25,28). The van der Waals surface area contributed by atoms with Crippen molar-refractivity contribution in [1.29, 1.82) is 0 Å². The molecular weight excluding hydrogens is 364 g/mol. The van der Waals surface area contributed by atoms with Gasteiger partial charge in [0.15, 0.2) is 0 Å². The number of nitrogens with one attached hydrogen (secondary N) is 1. The van der Waals surface area contributed by atoms with Crippen LogP contribution < -0.4 is 15.4 Å². The first-order valence-corrected chi connectivity index (χ1v) is 10.9. The number of benzene rings is 1. The van der Waals surface area contributed by atoms with Gasteiger partial charge in [-0.05, 0) is 50.2 Å². The summed E-state index contributed by atoms with van der Waals surface area (Å²) in [4.78, 5) is 25.2. The number of para-hydroxylation sites is 1. The molecule has 2 aliphatic heterocycles. The molecule has 1 aliphatic carbocycles. The molecular formula is C23H30N4O2. The fourth-order valence-corrected chi connectivity index (χ4v) is 5.45. The van der Waals surface area contributed by atoms with E-state index >= 15 is 0 Å². The van der Waals surface area contributed by atoms with Crippen molar-refractivity contribution in [2.75, 3.05) is 49.7 Å². The number of aromatic nitrogens is 2. The van der Waals surface area contributed by atoms with E-state index < -0.39 is 0 Å². The van der Waals surface area contributed by atoms with Gasteiger partial charge in [0.05, 0.1) is 12.3 Å². The van der Waals surface area contributed by atoms with Gasteiger partial charge in [0.25, 0.3) is 5.56 Å². The van der Waals surface area contributed by atoms with Crippen LogP contribution in [-0.4, -0.2) is 49.9 Å². The van der Waals surface area contributed by atoms with Crippen LogP contribution in [0, 0.1) is 0 Å². The van der Waals surface area contributed by atoms with E-state index in [1.807, 2.05) is 0 Å². The highest BCUT2D eigenvalue weighted by atomic mass is 16.5. The Kier molecular flexibility index (Phi) is 4.82. The van der Waals surface area contributed by atoms with E-state index in [9.17, 15) is 4.79 Å². The fourth-order valence-electron chi connectivity index (χ4n) is 5.45. The molecule has 1 saturated heterocycles. The average Bonchev–Trinajstić information content (AvgIpc) is 3.06. The van der Waals surface area contributed by atoms with Crippen LogP contribution in [0.3, 0.4) is 0 Å². The highest BCUT2D eigenvalue weighted by molar-refractivity contribution is 5.63. The van der Waals surface area contributed by atoms with Crippen molar-refractivity contribution < 1.29 is 4.74 Å². The molecule has 0 bridgehead atoms. The minimum atomic E-state index is 0.0712. The Morgan fingerprint density at radius 1 is 1.17 bits per heavy atom. The number of aryl methyl sites for hydroxylation is 1. The van der Waals surface area contributed by atoms with Crippen molar-refractivity contribution in [3.8, 4) is 0 Å². The summed E-state index contributed by atoms with van der Waals surface area (Å²) < 4.78 is 5.33. The van der Waals surface area contributed by atoms with E-state index in [2.05, 4.69) is 39.0 Å². The highest BCUT2D eigenvalue weighted by Crippen LogP contribution is 2.47. The molecule has 6 heteroatoms. The largest absolute Gasteiger partial charge is 0.383 e. The second-order valence-corrected chi connectivity index (χ2v) is 8.72. The molecule has 1 aromatic heterocycles. The molecule has 2 aromatic rings. The van der Waals surface area contributed by atoms with Crippen molar-refractivity contribution in [2.45, 2.75) is 43.9 Å². The van der Waals surface area contributed by atoms with Gasteiger partial charge in [0.1, 0.15) is 0 Å². The minimum Gasteiger partial charge on any atom is -0.383 e. The summed E-state index contributed by atoms with van der Waals surface area (Å²) in [6.07, 6.45) is 6.20. The second kappa shape index (κ2) is 7.48. The van der Waals surface area contributed by atoms with E-state index in [-0.39, 0.29) is 11.0 Å². The minimum absolute atomic E-state index is 0.0712. The number of H-pyrrole nitrogens is 1. The Morgan fingerprint density at radius 2 is 1.97 bits per heavy atom. The van der Waals surface area contributed by atoms with Crippen LogP contribution in [0.2, 0.25) is 0 Å². The van der Waals surface area contributed by atoms with E-state index in [0.717, 1.165) is 88.5 Å². The molecule has 1 spiro atoms. The number of nitrogens with zero attached hydrogens (tertiary/aromatic N) is 3. The molecule has 5 rings (SSSR count). The maximum atomic E-state index is 12.5. The molecule has 3 aliphatic rings. The zero-order chi connectivity index (χ0) is 19.8. The molecule has 3 heterocycles. The van der Waals surface area contributed by atoms with Gasteiger partial charge in [0, 0.05) is 50.0 Å². The Morgan fingerprint density at radius 3 is 2.79 bits per heavy atom. The number of fused-ring (bicyclic) bond motifs is 3. The Bertz CT molecular complexity index is 946. The van der Waals surface area contributed by atoms with Gasteiger partial charge < -0.3 is 14.5 Å². The molecule has 0 unspecified atom stereocenters. The number of piperidine rings is 1. The number of methoxy groups -OCH3 is 1. The van der Waals surface area contributed by atoms with Gasteiger partial charge >= 0.3 is 0 Å². The fraction of sp³-hybridized carbons (Fsp3) is 0.565. The molecule has 6 nitrogen and oxygen atoms in total. The van der Waals surface area contributed by atoms with Crippen LogP contribution in [0.1, 0.15) is 42.5 Å². The first kappa shape index (κ1) is 18.7. The zero-order valence-corrected chi connectivity index (χ0v) is 17.2. The third-order valence-electron chi connectivity index (χ3n) is 7.07. The smallest absolute Gasteiger partial charge is 0.255 e. The first-order chi connectivity index (χ1) is 14.2. The van der Waals surface area contributed by atoms with Crippen LogP contribution in [0.4, 0.5) is 11.6 Å². The lowest BCUT2D eigenvalue weighted by Crippen LogP contribution is -2.46. The summed E-state index contributed by atoms with van der Waals surface area (Å²) in [5, 5.41) is 0. The van der Waals surface area contributed by atoms with Gasteiger partial charge in [-0.25, -0.2) is 4.98 Å². The highest BCUT2D eigenvalue weighted by Gasteiger charge is 2.44. The van der Waals surface area contributed by atoms with Crippen molar-refractivity contribution in [1.82, 2.24) is 9.97 Å². The van der Waals surface area contributed by atoms with Crippen LogP contribution in [0.15, 0.2) is 29.1 Å². The number of hydrogen-bond donors (Lipinski definition) is 1. The first-order valence-electron chi connectivity index (χ1n) is 10.9. The lowest BCUT2D eigenvalue weighted by Gasteiger charge is -2.40. The van der Waals surface area contributed by atoms with E-state index in [1.54, 1.807) is 7.11 Å². The Labute approximate surface area is 171 Å². The lowest BCUT2D eigenvalue weighted by atomic mass is 9.74. The van der Waals surface area contributed by atoms with Crippen molar-refractivity contribution >= 4 is 11.6 Å². The number of ether oxygens (including phenoxy) is 1. The number of anilines is 2. The third kappa shape index (κ3) is 3.23. The van der Waals surface area contributed by atoms with Crippen LogP contribution in [0.5, 0.6) is 0 Å². The van der Waals surface area contributed by atoms with Crippen molar-refractivity contribution in [3.63, 3.8) is 0 Å². The summed E-state index contributed by atoms with van der Waals surface area (Å²) >= 11 is 0. The van der Waals surface area contributed by atoms with Gasteiger partial charge in [-0.1, -0.05) is 18.2 Å². The normalized spacial score (nSPS) is 20.0. The van der Waals surface area contributed by atoms with E-state index in [1.165, 1.54) is 11.3 Å². The number of rotatable bonds is 4. The maximum Gasteiger partial charge on any atom is 0.255 e. The van der Waals surface area contributed by atoms with Gasteiger partial charge in [-0.15, -0.1) is 0 Å². The second-order valence-electron chi connectivity index (χ2n) is 8.72. The summed E-state index contributed by atoms with van der Waals surface area (Å²) in [6.45, 7) is 4.58. The van der Waals surface area contributed by atoms with Crippen molar-refractivity contribution in [2.24, 2.45) is 0 Å². The van der Waals surface area contributed by atoms with Gasteiger partial charge in [-0.3, -0.25) is 9.78 Å². The molecule has 1 aromatic carbocycles. The molecule has 29 heavy (non-hydrogen) atoms. The number of hydrogen-bond acceptors (Lipinski definition) is 5. The SMILES string of the molecule is COCCN1CC2(CCN(c3nc4c(c(=O)[nH]3)CCCC4)CC2)c2ccccc21. The topological polar surface area (TPSA) is 61.5 Å². The van der Waals surface area contributed by atoms with Crippen molar-refractivity contribution in [3.05, 3.63) is 51.4 Å². The molecule has 0 atom stereocenters. The van der Waals surface area contributed by atoms with Crippen LogP contribution in [-0.2, 0) is 23.0 Å².